The number of hydrogen-bond acceptors (Lipinski definition) is 3. The van der Waals surface area contributed by atoms with Crippen LogP contribution in [0.15, 0.2) is 0 Å². The normalized spacial score (nSPS) is 22.6. The molecule has 0 radical (unpaired) electrons. The molecule has 0 aliphatic carbocycles. The van der Waals surface area contributed by atoms with Gasteiger partial charge in [0, 0.05) is 12.6 Å². The minimum Gasteiger partial charge on any atom is -0.329 e. The van der Waals surface area contributed by atoms with Gasteiger partial charge in [0.05, 0.1) is 0 Å². The standard InChI is InChI=1S/C14H30N2S/c1-4-14(5-2)7-9-16(10-8-14)13(12-15)6-11-17-3/h13H,4-12,15H2,1-3H3. The molecule has 1 saturated heterocycles. The van der Waals surface area contributed by atoms with Gasteiger partial charge in [-0.25, -0.2) is 0 Å². The molecule has 2 N–H and O–H groups in total. The fraction of sp³-hybridized carbons (Fsp3) is 1.00. The highest BCUT2D eigenvalue weighted by Crippen LogP contribution is 2.38. The smallest absolute Gasteiger partial charge is 0.0226 e. The largest absolute Gasteiger partial charge is 0.329 e. The van der Waals surface area contributed by atoms with E-state index in [9.17, 15) is 0 Å². The first-order chi connectivity index (χ1) is 8.21. The molecule has 0 amide bonds. The van der Waals surface area contributed by atoms with Gasteiger partial charge in [0.15, 0.2) is 0 Å². The highest BCUT2D eigenvalue weighted by atomic mass is 32.2. The number of likely N-dealkylation sites (tertiary alicyclic amines) is 1. The van der Waals surface area contributed by atoms with Gasteiger partial charge in [0.1, 0.15) is 0 Å². The fourth-order valence-corrected chi connectivity index (χ4v) is 3.53. The summed E-state index contributed by atoms with van der Waals surface area (Å²) in [5.74, 6) is 1.24. The van der Waals surface area contributed by atoms with Crippen molar-refractivity contribution in [2.75, 3.05) is 31.6 Å². The number of thioether (sulfide) groups is 1. The number of hydrogen-bond donors (Lipinski definition) is 1. The maximum atomic E-state index is 5.93. The van der Waals surface area contributed by atoms with Crippen molar-refractivity contribution < 1.29 is 0 Å². The lowest BCUT2D eigenvalue weighted by Gasteiger charge is -2.43. The average molecular weight is 258 g/mol. The lowest BCUT2D eigenvalue weighted by Crippen LogP contribution is -2.48. The van der Waals surface area contributed by atoms with Crippen LogP contribution in [-0.2, 0) is 0 Å². The third-order valence-electron chi connectivity index (χ3n) is 4.80. The van der Waals surface area contributed by atoms with Crippen molar-refractivity contribution in [3.8, 4) is 0 Å². The van der Waals surface area contributed by atoms with Crippen LogP contribution in [0.5, 0.6) is 0 Å². The van der Waals surface area contributed by atoms with Crippen molar-refractivity contribution in [1.29, 1.82) is 0 Å². The van der Waals surface area contributed by atoms with E-state index in [0.717, 1.165) is 6.54 Å². The minimum atomic E-state index is 0.620. The zero-order chi connectivity index (χ0) is 12.7. The van der Waals surface area contributed by atoms with E-state index in [2.05, 4.69) is 25.0 Å². The molecule has 102 valence electrons. The van der Waals surface area contributed by atoms with Gasteiger partial charge in [0.25, 0.3) is 0 Å². The van der Waals surface area contributed by atoms with Gasteiger partial charge in [-0.3, -0.25) is 4.90 Å². The molecule has 3 heteroatoms. The lowest BCUT2D eigenvalue weighted by molar-refractivity contribution is 0.0674. The van der Waals surface area contributed by atoms with E-state index in [1.54, 1.807) is 0 Å². The quantitative estimate of drug-likeness (QED) is 0.761. The third kappa shape index (κ3) is 4.15. The lowest BCUT2D eigenvalue weighted by atomic mass is 9.74. The molecule has 1 aliphatic heterocycles. The van der Waals surface area contributed by atoms with Crippen molar-refractivity contribution in [1.82, 2.24) is 4.90 Å². The van der Waals surface area contributed by atoms with Crippen LogP contribution in [0.4, 0.5) is 0 Å². The Morgan fingerprint density at radius 2 is 1.82 bits per heavy atom. The summed E-state index contributed by atoms with van der Waals surface area (Å²) in [7, 11) is 0. The Balaban J connectivity index is 2.43. The van der Waals surface area contributed by atoms with Crippen molar-refractivity contribution >= 4 is 11.8 Å². The van der Waals surface area contributed by atoms with Crippen molar-refractivity contribution in [2.24, 2.45) is 11.1 Å². The van der Waals surface area contributed by atoms with Crippen molar-refractivity contribution in [2.45, 2.75) is 52.0 Å². The first-order valence-corrected chi connectivity index (χ1v) is 8.53. The SMILES string of the molecule is CCC1(CC)CCN(C(CN)CCSC)CC1. The molecule has 1 aliphatic rings. The van der Waals surface area contributed by atoms with Crippen LogP contribution in [0.1, 0.15) is 46.0 Å². The Kier molecular flexibility index (Phi) is 6.90. The zero-order valence-corrected chi connectivity index (χ0v) is 12.7. The second kappa shape index (κ2) is 7.65. The second-order valence-corrected chi connectivity index (χ2v) is 6.40. The van der Waals surface area contributed by atoms with E-state index < -0.39 is 0 Å². The summed E-state index contributed by atoms with van der Waals surface area (Å²) in [6.07, 6.45) is 8.86. The van der Waals surface area contributed by atoms with Crippen molar-refractivity contribution in [3.05, 3.63) is 0 Å². The highest BCUT2D eigenvalue weighted by molar-refractivity contribution is 7.98. The fourth-order valence-electron chi connectivity index (χ4n) is 3.02. The van der Waals surface area contributed by atoms with E-state index in [1.165, 1.54) is 50.9 Å². The molecule has 1 fully saturated rings. The molecule has 1 atom stereocenters. The highest BCUT2D eigenvalue weighted by Gasteiger charge is 2.32. The summed E-state index contributed by atoms with van der Waals surface area (Å²) in [5.41, 5.74) is 6.56. The number of nitrogens with zero attached hydrogens (tertiary/aromatic N) is 1. The number of rotatable bonds is 7. The molecule has 2 nitrogen and oxygen atoms in total. The number of piperidine rings is 1. The molecule has 0 aromatic rings. The van der Waals surface area contributed by atoms with E-state index in [4.69, 9.17) is 5.73 Å². The van der Waals surface area contributed by atoms with Crippen LogP contribution in [0.2, 0.25) is 0 Å². The van der Waals surface area contributed by atoms with E-state index in [-0.39, 0.29) is 0 Å². The molecule has 0 bridgehead atoms. The Morgan fingerprint density at radius 1 is 1.24 bits per heavy atom. The monoisotopic (exact) mass is 258 g/mol. The zero-order valence-electron chi connectivity index (χ0n) is 11.9. The maximum Gasteiger partial charge on any atom is 0.0226 e. The Labute approximate surface area is 112 Å². The molecule has 1 unspecified atom stereocenters. The first kappa shape index (κ1) is 15.3. The van der Waals surface area contributed by atoms with Gasteiger partial charge < -0.3 is 5.73 Å². The molecule has 0 saturated carbocycles. The van der Waals surface area contributed by atoms with Crippen LogP contribution in [0.25, 0.3) is 0 Å². The Morgan fingerprint density at radius 3 is 2.24 bits per heavy atom. The summed E-state index contributed by atoms with van der Waals surface area (Å²) in [5, 5.41) is 0. The molecule has 0 spiro atoms. The minimum absolute atomic E-state index is 0.620. The van der Waals surface area contributed by atoms with Crippen LogP contribution < -0.4 is 5.73 Å². The van der Waals surface area contributed by atoms with Gasteiger partial charge in [0.2, 0.25) is 0 Å². The van der Waals surface area contributed by atoms with E-state index >= 15 is 0 Å². The number of nitrogens with two attached hydrogens (primary N) is 1. The molecule has 17 heavy (non-hydrogen) atoms. The van der Waals surface area contributed by atoms with E-state index in [0.29, 0.717) is 11.5 Å². The van der Waals surface area contributed by atoms with E-state index in [1.807, 2.05) is 11.8 Å². The summed E-state index contributed by atoms with van der Waals surface area (Å²) in [6, 6.07) is 0.620. The van der Waals surface area contributed by atoms with Gasteiger partial charge in [-0.15, -0.1) is 0 Å². The molecular weight excluding hydrogens is 228 g/mol. The predicted octanol–water partition coefficient (Wildman–Crippen LogP) is 2.97. The molecule has 1 rings (SSSR count). The second-order valence-electron chi connectivity index (χ2n) is 5.41. The van der Waals surface area contributed by atoms with Crippen LogP contribution in [0, 0.1) is 5.41 Å². The molecule has 0 aromatic carbocycles. The summed E-state index contributed by atoms with van der Waals surface area (Å²) in [6.45, 7) is 8.06. The van der Waals surface area contributed by atoms with Crippen molar-refractivity contribution in [3.63, 3.8) is 0 Å². The van der Waals surface area contributed by atoms with Gasteiger partial charge >= 0.3 is 0 Å². The van der Waals surface area contributed by atoms with Crippen LogP contribution >= 0.6 is 11.8 Å². The average Bonchev–Trinajstić information content (AvgIpc) is 2.40. The molecular formula is C14H30N2S. The summed E-state index contributed by atoms with van der Waals surface area (Å²) >= 11 is 1.94. The topological polar surface area (TPSA) is 29.3 Å². The Bertz CT molecular complexity index is 194. The summed E-state index contributed by atoms with van der Waals surface area (Å²) < 4.78 is 0. The van der Waals surface area contributed by atoms with Crippen LogP contribution in [0.3, 0.4) is 0 Å². The third-order valence-corrected chi connectivity index (χ3v) is 5.45. The predicted molar refractivity (Wildman–Crippen MR) is 79.7 cm³/mol. The van der Waals surface area contributed by atoms with Gasteiger partial charge in [-0.2, -0.15) is 11.8 Å². The maximum absolute atomic E-state index is 5.93. The Hall–Kier alpha value is 0.270. The van der Waals surface area contributed by atoms with Crippen LogP contribution in [-0.4, -0.2) is 42.6 Å². The molecule has 1 heterocycles. The summed E-state index contributed by atoms with van der Waals surface area (Å²) in [4.78, 5) is 2.64. The first-order valence-electron chi connectivity index (χ1n) is 7.14. The van der Waals surface area contributed by atoms with Gasteiger partial charge in [-0.1, -0.05) is 26.7 Å². The molecule has 0 aromatic heterocycles. The van der Waals surface area contributed by atoms with Gasteiger partial charge in [-0.05, 0) is 49.8 Å².